The van der Waals surface area contributed by atoms with Gasteiger partial charge in [-0.15, -0.1) is 0 Å². The molecule has 1 aromatic carbocycles. The average molecular weight is 278 g/mol. The minimum atomic E-state index is -0.262. The van der Waals surface area contributed by atoms with Gasteiger partial charge in [0.05, 0.1) is 0 Å². The van der Waals surface area contributed by atoms with Gasteiger partial charge in [-0.1, -0.05) is 44.2 Å². The normalized spacial score (nSPS) is 14.1. The highest BCUT2D eigenvalue weighted by Gasteiger charge is 2.24. The van der Waals surface area contributed by atoms with Crippen LogP contribution in [0.5, 0.6) is 0 Å². The summed E-state index contributed by atoms with van der Waals surface area (Å²) in [5.74, 6) is 0.303. The van der Waals surface area contributed by atoms with Gasteiger partial charge in [-0.3, -0.25) is 9.69 Å². The molecule has 0 aliphatic heterocycles. The molecular weight excluding hydrogens is 252 g/mol. The van der Waals surface area contributed by atoms with Crippen LogP contribution in [-0.4, -0.2) is 42.7 Å². The summed E-state index contributed by atoms with van der Waals surface area (Å²) >= 11 is 0. The summed E-state index contributed by atoms with van der Waals surface area (Å²) in [7, 11) is 1.95. The van der Waals surface area contributed by atoms with Crippen LogP contribution < -0.4 is 5.32 Å². The van der Waals surface area contributed by atoms with E-state index < -0.39 is 0 Å². The Labute approximate surface area is 121 Å². The second-order valence-corrected chi connectivity index (χ2v) is 5.25. The number of likely N-dealkylation sites (N-methyl/N-ethyl adjacent to an activating group) is 1. The summed E-state index contributed by atoms with van der Waals surface area (Å²) in [4.78, 5) is 14.5. The number of carbonyl (C=O) groups is 1. The quantitative estimate of drug-likeness (QED) is 0.762. The third-order valence-electron chi connectivity index (χ3n) is 3.55. The number of rotatable bonds is 8. The molecule has 0 spiro atoms. The molecule has 0 saturated heterocycles. The number of nitrogens with one attached hydrogen (secondary N) is 1. The van der Waals surface area contributed by atoms with Crippen molar-refractivity contribution in [1.82, 2.24) is 10.2 Å². The molecule has 0 aliphatic carbocycles. The molecule has 1 rings (SSSR count). The molecular formula is C16H26N2O2. The van der Waals surface area contributed by atoms with Crippen LogP contribution in [0.3, 0.4) is 0 Å². The Morgan fingerprint density at radius 1 is 1.35 bits per heavy atom. The minimum absolute atomic E-state index is 0.0188. The first-order chi connectivity index (χ1) is 9.60. The van der Waals surface area contributed by atoms with Crippen LogP contribution in [0.2, 0.25) is 0 Å². The van der Waals surface area contributed by atoms with Crippen molar-refractivity contribution in [2.24, 2.45) is 5.92 Å². The second-order valence-electron chi connectivity index (χ2n) is 5.25. The van der Waals surface area contributed by atoms with Crippen LogP contribution in [0.15, 0.2) is 30.3 Å². The van der Waals surface area contributed by atoms with Crippen molar-refractivity contribution in [3.63, 3.8) is 0 Å². The molecule has 112 valence electrons. The van der Waals surface area contributed by atoms with Crippen LogP contribution >= 0.6 is 0 Å². The van der Waals surface area contributed by atoms with E-state index in [4.69, 9.17) is 5.11 Å². The van der Waals surface area contributed by atoms with E-state index in [0.29, 0.717) is 13.0 Å². The number of amides is 1. The Kier molecular flexibility index (Phi) is 7.26. The van der Waals surface area contributed by atoms with Gasteiger partial charge >= 0.3 is 0 Å². The summed E-state index contributed by atoms with van der Waals surface area (Å²) in [6, 6.07) is 9.55. The van der Waals surface area contributed by atoms with Gasteiger partial charge in [0.15, 0.2) is 0 Å². The van der Waals surface area contributed by atoms with Gasteiger partial charge < -0.3 is 10.4 Å². The highest BCUT2D eigenvalue weighted by atomic mass is 16.3. The highest BCUT2D eigenvalue weighted by Crippen LogP contribution is 2.19. The van der Waals surface area contributed by atoms with Crippen molar-refractivity contribution in [3.8, 4) is 0 Å². The molecule has 0 saturated carbocycles. The lowest BCUT2D eigenvalue weighted by molar-refractivity contribution is -0.126. The van der Waals surface area contributed by atoms with E-state index in [1.54, 1.807) is 0 Å². The fourth-order valence-corrected chi connectivity index (χ4v) is 2.12. The van der Waals surface area contributed by atoms with Gasteiger partial charge in [0.2, 0.25) is 5.91 Å². The van der Waals surface area contributed by atoms with Crippen molar-refractivity contribution in [2.75, 3.05) is 26.7 Å². The second kappa shape index (κ2) is 8.72. The minimum Gasteiger partial charge on any atom is -0.396 e. The number of nitrogens with zero attached hydrogens (tertiary/aromatic N) is 1. The zero-order chi connectivity index (χ0) is 15.0. The lowest BCUT2D eigenvalue weighted by atomic mass is 10.0. The fourth-order valence-electron chi connectivity index (χ4n) is 2.12. The molecule has 2 atom stereocenters. The van der Waals surface area contributed by atoms with Crippen molar-refractivity contribution in [1.29, 1.82) is 0 Å². The molecule has 0 fully saturated rings. The van der Waals surface area contributed by atoms with Crippen molar-refractivity contribution >= 4 is 5.91 Å². The topological polar surface area (TPSA) is 52.6 Å². The first kappa shape index (κ1) is 16.7. The largest absolute Gasteiger partial charge is 0.396 e. The summed E-state index contributed by atoms with van der Waals surface area (Å²) in [5, 5.41) is 11.9. The van der Waals surface area contributed by atoms with Crippen LogP contribution in [-0.2, 0) is 4.79 Å². The van der Waals surface area contributed by atoms with Gasteiger partial charge in [0.1, 0.15) is 6.04 Å². The zero-order valence-corrected chi connectivity index (χ0v) is 12.7. The number of hydrogen-bond donors (Lipinski definition) is 2. The summed E-state index contributed by atoms with van der Waals surface area (Å²) in [6.45, 7) is 5.63. The Bertz CT molecular complexity index is 395. The lowest BCUT2D eigenvalue weighted by Gasteiger charge is -2.27. The van der Waals surface area contributed by atoms with E-state index in [-0.39, 0.29) is 24.5 Å². The van der Waals surface area contributed by atoms with E-state index in [0.717, 1.165) is 12.1 Å². The van der Waals surface area contributed by atoms with Crippen molar-refractivity contribution < 1.29 is 9.90 Å². The maximum Gasteiger partial charge on any atom is 0.241 e. The average Bonchev–Trinajstić information content (AvgIpc) is 2.46. The molecule has 0 aliphatic rings. The molecule has 2 unspecified atom stereocenters. The molecule has 0 radical (unpaired) electrons. The van der Waals surface area contributed by atoms with Gasteiger partial charge in [0, 0.05) is 13.2 Å². The van der Waals surface area contributed by atoms with Crippen molar-refractivity contribution in [2.45, 2.75) is 26.3 Å². The van der Waals surface area contributed by atoms with Crippen molar-refractivity contribution in [3.05, 3.63) is 35.9 Å². The molecule has 0 bridgehead atoms. The predicted octanol–water partition coefficient (Wildman–Crippen LogP) is 1.81. The maximum absolute atomic E-state index is 12.4. The highest BCUT2D eigenvalue weighted by molar-refractivity contribution is 5.83. The molecule has 0 aromatic heterocycles. The molecule has 1 aromatic rings. The lowest BCUT2D eigenvalue weighted by Crippen LogP contribution is -2.40. The Balaban J connectivity index is 2.71. The van der Waals surface area contributed by atoms with E-state index in [2.05, 4.69) is 5.32 Å². The van der Waals surface area contributed by atoms with E-state index in [1.807, 2.05) is 56.1 Å². The number of aliphatic hydroxyl groups excluding tert-OH is 1. The third kappa shape index (κ3) is 4.94. The standard InChI is InChI=1S/C16H26N2O2/c1-4-18(3)15(14-8-6-5-7-9-14)16(20)17-12-13(2)10-11-19/h5-9,13,15,19H,4,10-12H2,1-3H3,(H,17,20). The number of aliphatic hydroxyl groups is 1. The summed E-state index contributed by atoms with van der Waals surface area (Å²) in [6.07, 6.45) is 0.708. The Morgan fingerprint density at radius 3 is 2.55 bits per heavy atom. The smallest absolute Gasteiger partial charge is 0.241 e. The van der Waals surface area contributed by atoms with Gasteiger partial charge in [-0.05, 0) is 31.5 Å². The maximum atomic E-state index is 12.4. The molecule has 1 amide bonds. The molecule has 0 heterocycles. The SMILES string of the molecule is CCN(C)C(C(=O)NCC(C)CCO)c1ccccc1. The summed E-state index contributed by atoms with van der Waals surface area (Å²) in [5.41, 5.74) is 1.00. The Morgan fingerprint density at radius 2 is 2.00 bits per heavy atom. The van der Waals surface area contributed by atoms with Crippen LogP contribution in [0.1, 0.15) is 31.9 Å². The van der Waals surface area contributed by atoms with Gasteiger partial charge in [-0.25, -0.2) is 0 Å². The molecule has 2 N–H and O–H groups in total. The van der Waals surface area contributed by atoms with Crippen LogP contribution in [0.4, 0.5) is 0 Å². The number of carbonyl (C=O) groups excluding carboxylic acids is 1. The monoisotopic (exact) mass is 278 g/mol. The predicted molar refractivity (Wildman–Crippen MR) is 81.4 cm³/mol. The fraction of sp³-hybridized carbons (Fsp3) is 0.562. The van der Waals surface area contributed by atoms with Crippen LogP contribution in [0, 0.1) is 5.92 Å². The number of benzene rings is 1. The molecule has 4 nitrogen and oxygen atoms in total. The van der Waals surface area contributed by atoms with Gasteiger partial charge in [0.25, 0.3) is 0 Å². The van der Waals surface area contributed by atoms with E-state index in [9.17, 15) is 4.79 Å². The molecule has 4 heteroatoms. The Hall–Kier alpha value is -1.39. The summed E-state index contributed by atoms with van der Waals surface area (Å²) < 4.78 is 0. The first-order valence-electron chi connectivity index (χ1n) is 7.23. The molecule has 20 heavy (non-hydrogen) atoms. The van der Waals surface area contributed by atoms with Crippen LogP contribution in [0.25, 0.3) is 0 Å². The first-order valence-corrected chi connectivity index (χ1v) is 7.23. The zero-order valence-electron chi connectivity index (χ0n) is 12.7. The van der Waals surface area contributed by atoms with Gasteiger partial charge in [-0.2, -0.15) is 0 Å². The third-order valence-corrected chi connectivity index (χ3v) is 3.55. The number of hydrogen-bond acceptors (Lipinski definition) is 3. The van der Waals surface area contributed by atoms with E-state index in [1.165, 1.54) is 0 Å². The van der Waals surface area contributed by atoms with E-state index >= 15 is 0 Å².